The van der Waals surface area contributed by atoms with Gasteiger partial charge >= 0.3 is 0 Å². The lowest BCUT2D eigenvalue weighted by molar-refractivity contribution is -0.119. The zero-order chi connectivity index (χ0) is 15.4. The lowest BCUT2D eigenvalue weighted by Crippen LogP contribution is -2.30. The van der Waals surface area contributed by atoms with E-state index in [0.717, 1.165) is 16.8 Å². The van der Waals surface area contributed by atoms with Gasteiger partial charge < -0.3 is 5.32 Å². The molecule has 5 nitrogen and oxygen atoms in total. The maximum atomic E-state index is 12.0. The molecule has 2 aliphatic rings. The zero-order valence-electron chi connectivity index (χ0n) is 11.8. The summed E-state index contributed by atoms with van der Waals surface area (Å²) in [6.07, 6.45) is 0. The van der Waals surface area contributed by atoms with Gasteiger partial charge in [0.2, 0.25) is 5.91 Å². The van der Waals surface area contributed by atoms with Crippen LogP contribution in [0, 0.1) is 0 Å². The highest BCUT2D eigenvalue weighted by molar-refractivity contribution is 8.14. The molecular formula is C14H14ClN3O2S. The summed E-state index contributed by atoms with van der Waals surface area (Å²) in [6.45, 7) is 5.63. The Bertz CT molecular complexity index is 700. The Labute approximate surface area is 131 Å². The van der Waals surface area contributed by atoms with Crippen molar-refractivity contribution < 1.29 is 9.59 Å². The molecule has 110 valence electrons. The molecule has 2 heterocycles. The number of amides is 2. The van der Waals surface area contributed by atoms with Crippen molar-refractivity contribution in [1.29, 1.82) is 0 Å². The maximum Gasteiger partial charge on any atom is 0.299 e. The molecule has 0 aromatic heterocycles. The molecule has 0 saturated carbocycles. The molecule has 3 rings (SSSR count). The molecule has 2 aliphatic heterocycles. The van der Waals surface area contributed by atoms with Gasteiger partial charge in [-0.25, -0.2) is 5.43 Å². The molecule has 1 aromatic rings. The molecule has 2 N–H and O–H groups in total. The number of anilines is 1. The number of carbonyl (C=O) groups is 2. The third kappa shape index (κ3) is 2.22. The summed E-state index contributed by atoms with van der Waals surface area (Å²) in [6, 6.07) is 3.70. The van der Waals surface area contributed by atoms with Gasteiger partial charge in [0.25, 0.3) is 5.24 Å². The summed E-state index contributed by atoms with van der Waals surface area (Å²) < 4.78 is 0. The summed E-state index contributed by atoms with van der Waals surface area (Å²) in [7, 11) is 0. The van der Waals surface area contributed by atoms with Crippen molar-refractivity contribution in [3.63, 3.8) is 0 Å². The number of fused-ring (bicyclic) bond motifs is 1. The second-order valence-corrected chi connectivity index (χ2v) is 7.34. The quantitative estimate of drug-likeness (QED) is 0.834. The molecular weight excluding hydrogens is 310 g/mol. The third-order valence-corrected chi connectivity index (χ3v) is 4.98. The van der Waals surface area contributed by atoms with Crippen LogP contribution < -0.4 is 10.7 Å². The van der Waals surface area contributed by atoms with E-state index < -0.39 is 5.41 Å². The lowest BCUT2D eigenvalue weighted by atomic mass is 9.85. The molecule has 0 fully saturated rings. The highest BCUT2D eigenvalue weighted by Crippen LogP contribution is 2.42. The molecule has 2 amide bonds. The molecule has 0 bridgehead atoms. The standard InChI is InChI=1S/C14H14ClN3O2S/c1-6-10(17-18-13(20)21-6)7-4-8-11(9(15)5-7)16-12(19)14(8,2)3/h4-6H,1-3H3,(H,16,19)(H,18,20). The molecule has 0 saturated heterocycles. The van der Waals surface area contributed by atoms with Gasteiger partial charge in [-0.15, -0.1) is 0 Å². The number of hydrazone groups is 1. The summed E-state index contributed by atoms with van der Waals surface area (Å²) in [5.74, 6) is -0.0714. The fraction of sp³-hybridized carbons (Fsp3) is 0.357. The average molecular weight is 324 g/mol. The van der Waals surface area contributed by atoms with Crippen LogP contribution in [0.2, 0.25) is 5.02 Å². The van der Waals surface area contributed by atoms with Gasteiger partial charge in [-0.1, -0.05) is 23.4 Å². The monoisotopic (exact) mass is 323 g/mol. The van der Waals surface area contributed by atoms with Crippen molar-refractivity contribution in [3.05, 3.63) is 28.3 Å². The number of carbonyl (C=O) groups excluding carboxylic acids is 2. The first kappa shape index (κ1) is 14.4. The zero-order valence-corrected chi connectivity index (χ0v) is 13.4. The Balaban J connectivity index is 2.12. The minimum atomic E-state index is -0.635. The van der Waals surface area contributed by atoms with E-state index in [-0.39, 0.29) is 16.4 Å². The van der Waals surface area contributed by atoms with E-state index in [4.69, 9.17) is 11.6 Å². The van der Waals surface area contributed by atoms with Gasteiger partial charge in [-0.3, -0.25) is 9.59 Å². The Morgan fingerprint density at radius 2 is 2.05 bits per heavy atom. The minimum absolute atomic E-state index is 0.0685. The second kappa shape index (κ2) is 4.74. The third-order valence-electron chi connectivity index (χ3n) is 3.80. The summed E-state index contributed by atoms with van der Waals surface area (Å²) in [4.78, 5) is 23.4. The van der Waals surface area contributed by atoms with Crippen molar-refractivity contribution in [2.24, 2.45) is 5.10 Å². The Hall–Kier alpha value is -1.53. The van der Waals surface area contributed by atoms with Crippen molar-refractivity contribution >= 4 is 45.9 Å². The van der Waals surface area contributed by atoms with E-state index in [1.54, 1.807) is 6.07 Å². The molecule has 21 heavy (non-hydrogen) atoms. The van der Waals surface area contributed by atoms with Crippen LogP contribution in [0.4, 0.5) is 10.5 Å². The van der Waals surface area contributed by atoms with Crippen LogP contribution in [0.25, 0.3) is 0 Å². The van der Waals surface area contributed by atoms with Crippen LogP contribution in [0.15, 0.2) is 17.2 Å². The number of halogens is 1. The summed E-state index contributed by atoms with van der Waals surface area (Å²) in [5.41, 5.74) is 4.92. The smallest absolute Gasteiger partial charge is 0.299 e. The number of hydrogen-bond donors (Lipinski definition) is 2. The predicted molar refractivity (Wildman–Crippen MR) is 85.2 cm³/mol. The SMILES string of the molecule is CC1SC(=O)NN=C1c1cc(Cl)c2c(c1)C(C)(C)C(=O)N2. The highest BCUT2D eigenvalue weighted by Gasteiger charge is 2.40. The first-order valence-electron chi connectivity index (χ1n) is 6.50. The van der Waals surface area contributed by atoms with Crippen molar-refractivity contribution in [2.75, 3.05) is 5.32 Å². The molecule has 0 radical (unpaired) electrons. The number of rotatable bonds is 1. The Morgan fingerprint density at radius 1 is 1.33 bits per heavy atom. The molecule has 1 atom stereocenters. The molecule has 7 heteroatoms. The van der Waals surface area contributed by atoms with E-state index >= 15 is 0 Å². The first-order valence-corrected chi connectivity index (χ1v) is 7.76. The van der Waals surface area contributed by atoms with Crippen LogP contribution in [0.1, 0.15) is 31.9 Å². The first-order chi connectivity index (χ1) is 9.80. The topological polar surface area (TPSA) is 70.6 Å². The van der Waals surface area contributed by atoms with E-state index in [0.29, 0.717) is 10.7 Å². The van der Waals surface area contributed by atoms with Gasteiger partial charge in [0.05, 0.1) is 27.1 Å². The van der Waals surface area contributed by atoms with Crippen molar-refractivity contribution in [1.82, 2.24) is 5.43 Å². The fourth-order valence-electron chi connectivity index (χ4n) is 2.51. The van der Waals surface area contributed by atoms with E-state index in [1.165, 1.54) is 11.8 Å². The molecule has 1 unspecified atom stereocenters. The molecule has 0 spiro atoms. The van der Waals surface area contributed by atoms with Gasteiger partial charge in [0.15, 0.2) is 0 Å². The molecule has 1 aromatic carbocycles. The van der Waals surface area contributed by atoms with Crippen molar-refractivity contribution in [3.8, 4) is 0 Å². The Kier molecular flexibility index (Phi) is 3.26. The van der Waals surface area contributed by atoms with Gasteiger partial charge in [-0.2, -0.15) is 5.10 Å². The van der Waals surface area contributed by atoms with E-state index in [9.17, 15) is 9.59 Å². The number of thioether (sulfide) groups is 1. The number of hydrogen-bond acceptors (Lipinski definition) is 4. The number of nitrogens with one attached hydrogen (secondary N) is 2. The minimum Gasteiger partial charge on any atom is -0.324 e. The Morgan fingerprint density at radius 3 is 2.71 bits per heavy atom. The average Bonchev–Trinajstić information content (AvgIpc) is 2.62. The second-order valence-electron chi connectivity index (χ2n) is 5.62. The van der Waals surface area contributed by atoms with Gasteiger partial charge in [0, 0.05) is 5.56 Å². The van der Waals surface area contributed by atoms with Crippen LogP contribution in [0.3, 0.4) is 0 Å². The van der Waals surface area contributed by atoms with Crippen LogP contribution in [0.5, 0.6) is 0 Å². The van der Waals surface area contributed by atoms with E-state index in [1.807, 2.05) is 26.8 Å². The largest absolute Gasteiger partial charge is 0.324 e. The predicted octanol–water partition coefficient (Wildman–Crippen LogP) is 3.12. The normalized spacial score (nSPS) is 23.2. The molecule has 0 aliphatic carbocycles. The lowest BCUT2D eigenvalue weighted by Gasteiger charge is -2.21. The number of benzene rings is 1. The van der Waals surface area contributed by atoms with Crippen LogP contribution in [-0.2, 0) is 10.2 Å². The van der Waals surface area contributed by atoms with E-state index in [2.05, 4.69) is 15.8 Å². The maximum absolute atomic E-state index is 12.0. The van der Waals surface area contributed by atoms with Crippen LogP contribution in [-0.4, -0.2) is 22.1 Å². The highest BCUT2D eigenvalue weighted by atomic mass is 35.5. The van der Waals surface area contributed by atoms with Gasteiger partial charge in [0.1, 0.15) is 0 Å². The summed E-state index contributed by atoms with van der Waals surface area (Å²) in [5, 5.41) is 7.19. The summed E-state index contributed by atoms with van der Waals surface area (Å²) >= 11 is 7.48. The number of nitrogens with zero attached hydrogens (tertiary/aromatic N) is 1. The van der Waals surface area contributed by atoms with Gasteiger partial charge in [-0.05, 0) is 38.5 Å². The van der Waals surface area contributed by atoms with Crippen LogP contribution >= 0.6 is 23.4 Å². The fourth-order valence-corrected chi connectivity index (χ4v) is 3.49. The van der Waals surface area contributed by atoms with Crippen molar-refractivity contribution in [2.45, 2.75) is 31.4 Å².